The minimum Gasteiger partial charge on any atom is -0.382 e. The van der Waals surface area contributed by atoms with E-state index in [1.165, 1.54) is 16.2 Å². The van der Waals surface area contributed by atoms with Crippen molar-refractivity contribution in [2.24, 2.45) is 0 Å². The van der Waals surface area contributed by atoms with Crippen molar-refractivity contribution in [3.05, 3.63) is 4.88 Å². The van der Waals surface area contributed by atoms with Crippen LogP contribution in [-0.4, -0.2) is 48.4 Å². The topological polar surface area (TPSA) is 100 Å². The van der Waals surface area contributed by atoms with Crippen LogP contribution in [0.3, 0.4) is 0 Å². The van der Waals surface area contributed by atoms with Crippen LogP contribution in [0.4, 0.5) is 10.9 Å². The van der Waals surface area contributed by atoms with Gasteiger partial charge in [-0.2, -0.15) is 0 Å². The number of anilines is 2. The fraction of sp³-hybridized carbons (Fsp3) is 0.545. The van der Waals surface area contributed by atoms with Crippen molar-refractivity contribution < 1.29 is 9.59 Å². The van der Waals surface area contributed by atoms with Gasteiger partial charge in [-0.15, -0.1) is 0 Å². The lowest BCUT2D eigenvalue weighted by Crippen LogP contribution is -2.39. The van der Waals surface area contributed by atoms with Gasteiger partial charge in [-0.3, -0.25) is 9.59 Å². The Balaban J connectivity index is 1.96. The first-order chi connectivity index (χ1) is 9.01. The molecule has 1 heterocycles. The molecule has 0 bridgehead atoms. The standard InChI is InChI=1S/C11H17N5O2S/c1-13-11-15-9(12)8(19-11)10(18)16(2)5-7(17)14-6-3-4-6/h6H,3-5,12H2,1-2H3,(H,13,15)(H,14,17). The number of nitrogens with two attached hydrogens (primary N) is 1. The van der Waals surface area contributed by atoms with Crippen LogP contribution in [0.15, 0.2) is 0 Å². The molecule has 1 saturated carbocycles. The van der Waals surface area contributed by atoms with Gasteiger partial charge in [0.05, 0.1) is 6.54 Å². The van der Waals surface area contributed by atoms with Gasteiger partial charge in [0.25, 0.3) is 5.91 Å². The predicted molar refractivity (Wildman–Crippen MR) is 74.2 cm³/mol. The molecule has 1 aliphatic rings. The zero-order chi connectivity index (χ0) is 14.0. The molecule has 1 aromatic heterocycles. The molecule has 1 aliphatic carbocycles. The van der Waals surface area contributed by atoms with Crippen LogP contribution in [0.25, 0.3) is 0 Å². The van der Waals surface area contributed by atoms with E-state index in [0.29, 0.717) is 16.1 Å². The van der Waals surface area contributed by atoms with Gasteiger partial charge >= 0.3 is 0 Å². The molecule has 1 fully saturated rings. The van der Waals surface area contributed by atoms with Crippen LogP contribution >= 0.6 is 11.3 Å². The maximum atomic E-state index is 12.1. The summed E-state index contributed by atoms with van der Waals surface area (Å²) < 4.78 is 0. The zero-order valence-corrected chi connectivity index (χ0v) is 11.7. The second kappa shape index (κ2) is 5.43. The van der Waals surface area contributed by atoms with Crippen LogP contribution in [0, 0.1) is 0 Å². The molecule has 0 aliphatic heterocycles. The molecule has 7 nitrogen and oxygen atoms in total. The van der Waals surface area contributed by atoms with Crippen molar-refractivity contribution in [3.63, 3.8) is 0 Å². The number of carbonyl (C=O) groups excluding carboxylic acids is 2. The number of likely N-dealkylation sites (N-methyl/N-ethyl adjacent to an activating group) is 1. The molecular weight excluding hydrogens is 266 g/mol. The maximum Gasteiger partial charge on any atom is 0.268 e. The van der Waals surface area contributed by atoms with Crippen molar-refractivity contribution in [1.82, 2.24) is 15.2 Å². The number of nitrogens with one attached hydrogen (secondary N) is 2. The number of hydrogen-bond donors (Lipinski definition) is 3. The maximum absolute atomic E-state index is 12.1. The van der Waals surface area contributed by atoms with E-state index in [-0.39, 0.29) is 24.2 Å². The second-order valence-corrected chi connectivity index (χ2v) is 5.49. The molecule has 0 saturated heterocycles. The average molecular weight is 283 g/mol. The fourth-order valence-electron chi connectivity index (χ4n) is 1.55. The third kappa shape index (κ3) is 3.34. The Labute approximate surface area is 115 Å². The van der Waals surface area contributed by atoms with E-state index < -0.39 is 0 Å². The summed E-state index contributed by atoms with van der Waals surface area (Å²) in [7, 11) is 3.28. The molecule has 2 rings (SSSR count). The number of aromatic nitrogens is 1. The number of nitrogen functional groups attached to an aromatic ring is 1. The van der Waals surface area contributed by atoms with Crippen molar-refractivity contribution in [1.29, 1.82) is 0 Å². The molecule has 0 spiro atoms. The molecule has 4 N–H and O–H groups in total. The molecular formula is C11H17N5O2S. The summed E-state index contributed by atoms with van der Waals surface area (Å²) in [6.45, 7) is 0.0293. The zero-order valence-electron chi connectivity index (χ0n) is 10.9. The number of nitrogens with zero attached hydrogens (tertiary/aromatic N) is 2. The molecule has 1 aromatic rings. The summed E-state index contributed by atoms with van der Waals surface area (Å²) >= 11 is 1.18. The highest BCUT2D eigenvalue weighted by molar-refractivity contribution is 7.18. The van der Waals surface area contributed by atoms with E-state index in [1.54, 1.807) is 14.1 Å². The van der Waals surface area contributed by atoms with Crippen LogP contribution in [-0.2, 0) is 4.79 Å². The quantitative estimate of drug-likeness (QED) is 0.712. The second-order valence-electron chi connectivity index (χ2n) is 4.49. The van der Waals surface area contributed by atoms with Crippen molar-refractivity contribution in [2.45, 2.75) is 18.9 Å². The third-order valence-corrected chi connectivity index (χ3v) is 3.81. The number of hydrogen-bond acceptors (Lipinski definition) is 6. The highest BCUT2D eigenvalue weighted by Gasteiger charge is 2.25. The van der Waals surface area contributed by atoms with Gasteiger partial charge in [-0.05, 0) is 12.8 Å². The Morgan fingerprint density at radius 2 is 2.21 bits per heavy atom. The number of carbonyl (C=O) groups is 2. The van der Waals surface area contributed by atoms with E-state index in [2.05, 4.69) is 15.6 Å². The van der Waals surface area contributed by atoms with E-state index in [9.17, 15) is 9.59 Å². The van der Waals surface area contributed by atoms with Crippen LogP contribution in [0.5, 0.6) is 0 Å². The van der Waals surface area contributed by atoms with Gasteiger partial charge in [-0.1, -0.05) is 11.3 Å². The highest BCUT2D eigenvalue weighted by atomic mass is 32.1. The summed E-state index contributed by atoms with van der Waals surface area (Å²) in [6.07, 6.45) is 2.05. The monoisotopic (exact) mass is 283 g/mol. The predicted octanol–water partition coefficient (Wildman–Crippen LogP) is 0.118. The lowest BCUT2D eigenvalue weighted by molar-refractivity contribution is -0.121. The average Bonchev–Trinajstić information content (AvgIpc) is 3.08. The molecule has 8 heteroatoms. The molecule has 0 aromatic carbocycles. The molecule has 104 valence electrons. The molecule has 19 heavy (non-hydrogen) atoms. The van der Waals surface area contributed by atoms with E-state index >= 15 is 0 Å². The summed E-state index contributed by atoms with van der Waals surface area (Å²) in [6, 6.07) is 0.292. The van der Waals surface area contributed by atoms with Gasteiger partial charge in [0.2, 0.25) is 5.91 Å². The van der Waals surface area contributed by atoms with E-state index in [0.717, 1.165) is 12.8 Å². The van der Waals surface area contributed by atoms with Gasteiger partial charge in [0, 0.05) is 20.1 Å². The number of amides is 2. The first-order valence-corrected chi connectivity index (χ1v) is 6.81. The number of thiazole rings is 1. The molecule has 0 atom stereocenters. The van der Waals surface area contributed by atoms with Gasteiger partial charge in [0.15, 0.2) is 5.13 Å². The van der Waals surface area contributed by atoms with Crippen molar-refractivity contribution in [3.8, 4) is 0 Å². The Morgan fingerprint density at radius 3 is 2.74 bits per heavy atom. The number of rotatable bonds is 5. The third-order valence-electron chi connectivity index (χ3n) is 2.73. The highest BCUT2D eigenvalue weighted by Crippen LogP contribution is 2.25. The van der Waals surface area contributed by atoms with Gasteiger partial charge in [-0.25, -0.2) is 4.98 Å². The van der Waals surface area contributed by atoms with Gasteiger partial charge in [0.1, 0.15) is 10.7 Å². The lowest BCUT2D eigenvalue weighted by atomic mass is 10.4. The normalized spacial score (nSPS) is 14.0. The molecule has 0 radical (unpaired) electrons. The fourth-order valence-corrected chi connectivity index (χ4v) is 2.39. The Hall–Kier alpha value is -1.83. The summed E-state index contributed by atoms with van der Waals surface area (Å²) in [5, 5.41) is 6.25. The summed E-state index contributed by atoms with van der Waals surface area (Å²) in [5.74, 6) is -0.244. The minimum atomic E-state index is -0.289. The first kappa shape index (κ1) is 13.6. The Kier molecular flexibility index (Phi) is 3.89. The smallest absolute Gasteiger partial charge is 0.268 e. The van der Waals surface area contributed by atoms with Crippen LogP contribution in [0.1, 0.15) is 22.5 Å². The van der Waals surface area contributed by atoms with E-state index in [1.807, 2.05) is 0 Å². The van der Waals surface area contributed by atoms with Crippen LogP contribution < -0.4 is 16.4 Å². The van der Waals surface area contributed by atoms with E-state index in [4.69, 9.17) is 5.73 Å². The Bertz CT molecular complexity index is 497. The Morgan fingerprint density at radius 1 is 1.53 bits per heavy atom. The molecule has 0 unspecified atom stereocenters. The summed E-state index contributed by atoms with van der Waals surface area (Å²) in [4.78, 5) is 29.5. The van der Waals surface area contributed by atoms with Crippen LogP contribution in [0.2, 0.25) is 0 Å². The molecule has 2 amide bonds. The lowest BCUT2D eigenvalue weighted by Gasteiger charge is -2.15. The van der Waals surface area contributed by atoms with Gasteiger partial charge < -0.3 is 21.3 Å². The van der Waals surface area contributed by atoms with Crippen molar-refractivity contribution in [2.75, 3.05) is 31.7 Å². The minimum absolute atomic E-state index is 0.0293. The largest absolute Gasteiger partial charge is 0.382 e. The summed E-state index contributed by atoms with van der Waals surface area (Å²) in [5.41, 5.74) is 5.69. The SMILES string of the molecule is CNc1nc(N)c(C(=O)N(C)CC(=O)NC2CC2)s1. The first-order valence-electron chi connectivity index (χ1n) is 6.00. The van der Waals surface area contributed by atoms with Crippen molar-refractivity contribution >= 4 is 34.1 Å².